The second-order valence-corrected chi connectivity index (χ2v) is 8.71. The van der Waals surface area contributed by atoms with Crippen LogP contribution < -0.4 is 9.47 Å². The van der Waals surface area contributed by atoms with E-state index in [-0.39, 0.29) is 24.6 Å². The average molecular weight is 351 g/mol. The lowest BCUT2D eigenvalue weighted by Crippen LogP contribution is -2.52. The highest BCUT2D eigenvalue weighted by atomic mass is 32.2. The molecule has 0 radical (unpaired) electrons. The van der Waals surface area contributed by atoms with Crippen molar-refractivity contribution in [2.75, 3.05) is 12.5 Å². The molecule has 2 unspecified atom stereocenters. The molecule has 0 saturated carbocycles. The summed E-state index contributed by atoms with van der Waals surface area (Å²) in [6, 6.07) is 5.14. The third kappa shape index (κ3) is 2.42. The first kappa shape index (κ1) is 15.9. The molecule has 3 aliphatic rings. The Balaban J connectivity index is 1.63. The largest absolute Gasteiger partial charge is 0.454 e. The summed E-state index contributed by atoms with van der Waals surface area (Å²) in [6.45, 7) is 3.73. The van der Waals surface area contributed by atoms with Gasteiger partial charge in [-0.2, -0.15) is 4.31 Å². The molecule has 7 heteroatoms. The molecule has 4 rings (SSSR count). The van der Waals surface area contributed by atoms with Crippen LogP contribution in [0.4, 0.5) is 0 Å². The summed E-state index contributed by atoms with van der Waals surface area (Å²) in [6.07, 6.45) is 3.80. The molecule has 130 valence electrons. The standard InChI is InChI=1S/C17H21NO5S/c1-2-7-24(20,21)18-13-4-5-14(18)10-17(19,9-13)12-3-6-15-16(8-12)23-11-22-15/h2-3,6,8,13-14,19H,1,4-5,7,9-11H2. The van der Waals surface area contributed by atoms with Crippen LogP contribution in [0.15, 0.2) is 30.9 Å². The van der Waals surface area contributed by atoms with Crippen molar-refractivity contribution in [3.63, 3.8) is 0 Å². The van der Waals surface area contributed by atoms with E-state index in [1.165, 1.54) is 6.08 Å². The normalized spacial score (nSPS) is 32.0. The lowest BCUT2D eigenvalue weighted by atomic mass is 9.81. The van der Waals surface area contributed by atoms with E-state index in [1.54, 1.807) is 10.4 Å². The minimum atomic E-state index is -3.35. The van der Waals surface area contributed by atoms with E-state index in [2.05, 4.69) is 6.58 Å². The predicted octanol–water partition coefficient (Wildman–Crippen LogP) is 1.75. The zero-order valence-corrected chi connectivity index (χ0v) is 14.2. The van der Waals surface area contributed by atoms with E-state index in [9.17, 15) is 13.5 Å². The number of sulfonamides is 1. The van der Waals surface area contributed by atoms with Crippen LogP contribution in [0.2, 0.25) is 0 Å². The molecule has 1 aromatic rings. The number of hydrogen-bond acceptors (Lipinski definition) is 5. The maximum atomic E-state index is 12.5. The van der Waals surface area contributed by atoms with E-state index in [1.807, 2.05) is 12.1 Å². The molecule has 0 aliphatic carbocycles. The van der Waals surface area contributed by atoms with Gasteiger partial charge in [-0.1, -0.05) is 12.1 Å². The maximum Gasteiger partial charge on any atom is 0.231 e. The van der Waals surface area contributed by atoms with E-state index >= 15 is 0 Å². The number of ether oxygens (including phenoxy) is 2. The second-order valence-electron chi connectivity index (χ2n) is 6.79. The highest BCUT2D eigenvalue weighted by Crippen LogP contribution is 2.48. The zero-order valence-electron chi connectivity index (χ0n) is 13.3. The Hall–Kier alpha value is -1.57. The van der Waals surface area contributed by atoms with Gasteiger partial charge in [-0.15, -0.1) is 6.58 Å². The fraction of sp³-hybridized carbons (Fsp3) is 0.529. The third-order valence-electron chi connectivity index (χ3n) is 5.26. The molecule has 6 nitrogen and oxygen atoms in total. The van der Waals surface area contributed by atoms with Crippen LogP contribution in [0.25, 0.3) is 0 Å². The molecule has 0 aromatic heterocycles. The van der Waals surface area contributed by atoms with Crippen LogP contribution in [0, 0.1) is 0 Å². The predicted molar refractivity (Wildman–Crippen MR) is 88.3 cm³/mol. The van der Waals surface area contributed by atoms with Gasteiger partial charge in [-0.05, 0) is 43.4 Å². The summed E-state index contributed by atoms with van der Waals surface area (Å²) in [5.74, 6) is 1.26. The molecule has 24 heavy (non-hydrogen) atoms. The summed E-state index contributed by atoms with van der Waals surface area (Å²) in [4.78, 5) is 0. The van der Waals surface area contributed by atoms with E-state index in [0.717, 1.165) is 18.4 Å². The van der Waals surface area contributed by atoms with Crippen molar-refractivity contribution in [1.82, 2.24) is 4.31 Å². The van der Waals surface area contributed by atoms with Gasteiger partial charge in [0.1, 0.15) is 0 Å². The lowest BCUT2D eigenvalue weighted by Gasteiger charge is -2.43. The van der Waals surface area contributed by atoms with Crippen LogP contribution >= 0.6 is 0 Å². The Morgan fingerprint density at radius 3 is 2.58 bits per heavy atom. The minimum Gasteiger partial charge on any atom is -0.454 e. The first-order chi connectivity index (χ1) is 11.4. The number of hydrogen-bond donors (Lipinski definition) is 1. The molecule has 2 fully saturated rings. The first-order valence-corrected chi connectivity index (χ1v) is 9.78. The van der Waals surface area contributed by atoms with Crippen LogP contribution in [-0.2, 0) is 15.6 Å². The van der Waals surface area contributed by atoms with E-state index in [4.69, 9.17) is 9.47 Å². The highest BCUT2D eigenvalue weighted by molar-refractivity contribution is 7.89. The van der Waals surface area contributed by atoms with Crippen LogP contribution in [0.3, 0.4) is 0 Å². The number of rotatable bonds is 4. The Bertz CT molecular complexity index is 761. The smallest absolute Gasteiger partial charge is 0.231 e. The second kappa shape index (κ2) is 5.47. The molecular formula is C17H21NO5S. The SMILES string of the molecule is C=CCS(=O)(=O)N1C2CCC1CC(O)(c1ccc3c(c1)OCO3)C2. The summed E-state index contributed by atoms with van der Waals surface area (Å²) >= 11 is 0. The number of benzene rings is 1. The molecule has 2 bridgehead atoms. The summed E-state index contributed by atoms with van der Waals surface area (Å²) in [5, 5.41) is 11.2. The van der Waals surface area contributed by atoms with Crippen molar-refractivity contribution in [2.24, 2.45) is 0 Å². The fourth-order valence-corrected chi connectivity index (χ4v) is 6.03. The van der Waals surface area contributed by atoms with Crippen LogP contribution in [0.1, 0.15) is 31.2 Å². The highest BCUT2D eigenvalue weighted by Gasteiger charge is 2.52. The van der Waals surface area contributed by atoms with Crippen molar-refractivity contribution in [2.45, 2.75) is 43.4 Å². The molecule has 1 N–H and O–H groups in total. The third-order valence-corrected chi connectivity index (χ3v) is 7.15. The number of nitrogens with zero attached hydrogens (tertiary/aromatic N) is 1. The molecule has 0 amide bonds. The summed E-state index contributed by atoms with van der Waals surface area (Å²) in [5.41, 5.74) is -0.267. The van der Waals surface area contributed by atoms with Gasteiger partial charge in [-0.25, -0.2) is 8.42 Å². The van der Waals surface area contributed by atoms with E-state index < -0.39 is 15.6 Å². The lowest BCUT2D eigenvalue weighted by molar-refractivity contribution is -0.0340. The van der Waals surface area contributed by atoms with Gasteiger partial charge in [-0.3, -0.25) is 0 Å². The van der Waals surface area contributed by atoms with Gasteiger partial charge in [0.2, 0.25) is 16.8 Å². The Morgan fingerprint density at radius 1 is 1.25 bits per heavy atom. The van der Waals surface area contributed by atoms with Crippen LogP contribution in [-0.4, -0.2) is 42.5 Å². The molecule has 2 saturated heterocycles. The summed E-state index contributed by atoms with van der Waals surface area (Å²) < 4.78 is 37.3. The zero-order chi connectivity index (χ0) is 16.9. The van der Waals surface area contributed by atoms with Crippen molar-refractivity contribution in [1.29, 1.82) is 0 Å². The quantitative estimate of drug-likeness (QED) is 0.837. The van der Waals surface area contributed by atoms with Gasteiger partial charge < -0.3 is 14.6 Å². The Labute approximate surface area is 141 Å². The van der Waals surface area contributed by atoms with Gasteiger partial charge >= 0.3 is 0 Å². The molecule has 1 aromatic carbocycles. The van der Waals surface area contributed by atoms with Gasteiger partial charge in [0.15, 0.2) is 11.5 Å². The Kier molecular flexibility index (Phi) is 3.63. The van der Waals surface area contributed by atoms with Gasteiger partial charge in [0.05, 0.1) is 11.4 Å². The monoisotopic (exact) mass is 351 g/mol. The molecule has 3 heterocycles. The van der Waals surface area contributed by atoms with Gasteiger partial charge in [0.25, 0.3) is 0 Å². The van der Waals surface area contributed by atoms with Crippen molar-refractivity contribution in [3.05, 3.63) is 36.4 Å². The molecule has 0 spiro atoms. The van der Waals surface area contributed by atoms with Crippen molar-refractivity contribution >= 4 is 10.0 Å². The fourth-order valence-electron chi connectivity index (χ4n) is 4.30. The Morgan fingerprint density at radius 2 is 1.92 bits per heavy atom. The van der Waals surface area contributed by atoms with Gasteiger partial charge in [0, 0.05) is 12.1 Å². The van der Waals surface area contributed by atoms with Crippen LogP contribution in [0.5, 0.6) is 11.5 Å². The molecule has 2 atom stereocenters. The summed E-state index contributed by atoms with van der Waals surface area (Å²) in [7, 11) is -3.35. The molecular weight excluding hydrogens is 330 g/mol. The average Bonchev–Trinajstić information content (AvgIpc) is 3.10. The first-order valence-electron chi connectivity index (χ1n) is 8.17. The number of fused-ring (bicyclic) bond motifs is 3. The van der Waals surface area contributed by atoms with Crippen molar-refractivity contribution in [3.8, 4) is 11.5 Å². The number of aliphatic hydroxyl groups is 1. The van der Waals surface area contributed by atoms with E-state index in [0.29, 0.717) is 24.3 Å². The minimum absolute atomic E-state index is 0.0531. The maximum absolute atomic E-state index is 12.5. The van der Waals surface area contributed by atoms with Crippen molar-refractivity contribution < 1.29 is 23.0 Å². The number of piperidine rings is 1. The topological polar surface area (TPSA) is 76.1 Å². The molecule has 3 aliphatic heterocycles.